The van der Waals surface area contributed by atoms with Gasteiger partial charge in [-0.2, -0.15) is 5.10 Å². The van der Waals surface area contributed by atoms with Crippen molar-refractivity contribution < 1.29 is 5.11 Å². The third-order valence-corrected chi connectivity index (χ3v) is 3.01. The fraction of sp³-hybridized carbons (Fsp3) is 0.750. The number of likely N-dealkylation sites (N-methyl/N-ethyl adjacent to an activating group) is 1. The Morgan fingerprint density at radius 2 is 2.29 bits per heavy atom. The summed E-state index contributed by atoms with van der Waals surface area (Å²) in [5.41, 5.74) is 6.20. The normalized spacial score (nSPS) is 15.1. The molecule has 0 bridgehead atoms. The highest BCUT2D eigenvalue weighted by Gasteiger charge is 2.13. The molecule has 1 aromatic rings. The van der Waals surface area contributed by atoms with Crippen molar-refractivity contribution in [1.29, 1.82) is 0 Å². The SMILES string of the molecule is CCCC(C)N(C)CC(O)Cn1cc(N)cn1. The fourth-order valence-electron chi connectivity index (χ4n) is 1.90. The van der Waals surface area contributed by atoms with Crippen molar-refractivity contribution >= 4 is 5.69 Å². The molecule has 1 heterocycles. The summed E-state index contributed by atoms with van der Waals surface area (Å²) < 4.78 is 1.68. The van der Waals surface area contributed by atoms with E-state index in [1.807, 2.05) is 7.05 Å². The van der Waals surface area contributed by atoms with Crippen LogP contribution in [0.1, 0.15) is 26.7 Å². The Kier molecular flexibility index (Phi) is 5.44. The number of anilines is 1. The molecule has 0 fully saturated rings. The standard InChI is InChI=1S/C12H24N4O/c1-4-5-10(2)15(3)8-12(17)9-16-7-11(13)6-14-16/h6-7,10,12,17H,4-5,8-9,13H2,1-3H3. The molecule has 1 rings (SSSR count). The number of hydrogen-bond donors (Lipinski definition) is 2. The Morgan fingerprint density at radius 1 is 1.59 bits per heavy atom. The molecule has 0 amide bonds. The van der Waals surface area contributed by atoms with E-state index in [0.29, 0.717) is 24.8 Å². The van der Waals surface area contributed by atoms with Crippen molar-refractivity contribution in [3.8, 4) is 0 Å². The fourth-order valence-corrected chi connectivity index (χ4v) is 1.90. The first-order valence-corrected chi connectivity index (χ1v) is 6.19. The molecule has 5 nitrogen and oxygen atoms in total. The molecule has 5 heteroatoms. The van der Waals surface area contributed by atoms with Gasteiger partial charge in [0.25, 0.3) is 0 Å². The summed E-state index contributed by atoms with van der Waals surface area (Å²) >= 11 is 0. The van der Waals surface area contributed by atoms with Gasteiger partial charge in [0.05, 0.1) is 24.5 Å². The molecule has 0 aliphatic rings. The lowest BCUT2D eigenvalue weighted by Crippen LogP contribution is -2.37. The Morgan fingerprint density at radius 3 is 2.82 bits per heavy atom. The predicted octanol–water partition coefficient (Wildman–Crippen LogP) is 0.947. The molecular formula is C12H24N4O. The lowest BCUT2D eigenvalue weighted by molar-refractivity contribution is 0.0890. The first-order chi connectivity index (χ1) is 8.02. The molecule has 0 aliphatic heterocycles. The molecule has 17 heavy (non-hydrogen) atoms. The number of aromatic nitrogens is 2. The molecule has 1 aromatic heterocycles. The summed E-state index contributed by atoms with van der Waals surface area (Å²) in [5, 5.41) is 14.0. The minimum Gasteiger partial charge on any atom is -0.396 e. The topological polar surface area (TPSA) is 67.3 Å². The Hall–Kier alpha value is -1.07. The van der Waals surface area contributed by atoms with E-state index in [2.05, 4.69) is 23.8 Å². The highest BCUT2D eigenvalue weighted by molar-refractivity contribution is 5.30. The maximum Gasteiger partial charge on any atom is 0.0862 e. The number of nitrogens with zero attached hydrogens (tertiary/aromatic N) is 3. The van der Waals surface area contributed by atoms with Crippen molar-refractivity contribution in [2.75, 3.05) is 19.3 Å². The maximum absolute atomic E-state index is 9.96. The van der Waals surface area contributed by atoms with E-state index < -0.39 is 6.10 Å². The van der Waals surface area contributed by atoms with Gasteiger partial charge in [0.2, 0.25) is 0 Å². The summed E-state index contributed by atoms with van der Waals surface area (Å²) in [6.45, 7) is 5.50. The van der Waals surface area contributed by atoms with Gasteiger partial charge in [-0.25, -0.2) is 0 Å². The number of aliphatic hydroxyl groups excluding tert-OH is 1. The summed E-state index contributed by atoms with van der Waals surface area (Å²) in [5.74, 6) is 0. The van der Waals surface area contributed by atoms with Crippen molar-refractivity contribution in [2.24, 2.45) is 0 Å². The zero-order valence-corrected chi connectivity index (χ0v) is 11.0. The molecule has 2 atom stereocenters. The number of nitrogen functional groups attached to an aromatic ring is 1. The number of rotatable bonds is 7. The number of nitrogens with two attached hydrogens (primary N) is 1. The monoisotopic (exact) mass is 240 g/mol. The van der Waals surface area contributed by atoms with Crippen LogP contribution in [0.5, 0.6) is 0 Å². The van der Waals surface area contributed by atoms with E-state index in [-0.39, 0.29) is 0 Å². The van der Waals surface area contributed by atoms with Gasteiger partial charge in [0.1, 0.15) is 0 Å². The minimum atomic E-state index is -0.418. The van der Waals surface area contributed by atoms with Crippen LogP contribution in [0, 0.1) is 0 Å². The van der Waals surface area contributed by atoms with Gasteiger partial charge in [-0.05, 0) is 20.4 Å². The summed E-state index contributed by atoms with van der Waals surface area (Å²) in [6.07, 6.45) is 5.22. The zero-order chi connectivity index (χ0) is 12.8. The van der Waals surface area contributed by atoms with E-state index >= 15 is 0 Å². The Labute approximate surface area is 103 Å². The molecule has 0 spiro atoms. The van der Waals surface area contributed by atoms with Crippen LogP contribution in [-0.4, -0.2) is 45.5 Å². The van der Waals surface area contributed by atoms with Crippen molar-refractivity contribution in [2.45, 2.75) is 45.4 Å². The van der Waals surface area contributed by atoms with Crippen LogP contribution in [0.25, 0.3) is 0 Å². The first kappa shape index (κ1) is 14.0. The van der Waals surface area contributed by atoms with E-state index in [1.54, 1.807) is 17.1 Å². The third-order valence-electron chi connectivity index (χ3n) is 3.01. The zero-order valence-electron chi connectivity index (χ0n) is 11.0. The van der Waals surface area contributed by atoms with Crippen molar-refractivity contribution in [3.05, 3.63) is 12.4 Å². The van der Waals surface area contributed by atoms with Gasteiger partial charge in [-0.15, -0.1) is 0 Å². The summed E-state index contributed by atoms with van der Waals surface area (Å²) in [6, 6.07) is 0.498. The molecule has 0 saturated carbocycles. The van der Waals surface area contributed by atoms with Crippen molar-refractivity contribution in [3.63, 3.8) is 0 Å². The van der Waals surface area contributed by atoms with Crippen LogP contribution < -0.4 is 5.73 Å². The molecule has 2 unspecified atom stereocenters. The number of hydrogen-bond acceptors (Lipinski definition) is 4. The third kappa shape index (κ3) is 4.75. The van der Waals surface area contributed by atoms with Crippen LogP contribution in [0.4, 0.5) is 5.69 Å². The highest BCUT2D eigenvalue weighted by Crippen LogP contribution is 2.06. The molecular weight excluding hydrogens is 216 g/mol. The van der Waals surface area contributed by atoms with E-state index in [0.717, 1.165) is 12.8 Å². The van der Waals surface area contributed by atoms with Crippen LogP contribution in [-0.2, 0) is 6.54 Å². The highest BCUT2D eigenvalue weighted by atomic mass is 16.3. The number of aliphatic hydroxyl groups is 1. The van der Waals surface area contributed by atoms with Crippen LogP contribution in [0.15, 0.2) is 12.4 Å². The second-order valence-corrected chi connectivity index (χ2v) is 4.73. The average Bonchev–Trinajstić information content (AvgIpc) is 2.64. The van der Waals surface area contributed by atoms with Crippen LogP contribution >= 0.6 is 0 Å². The van der Waals surface area contributed by atoms with Gasteiger partial charge in [0.15, 0.2) is 0 Å². The van der Waals surface area contributed by atoms with Gasteiger partial charge >= 0.3 is 0 Å². The van der Waals surface area contributed by atoms with E-state index in [9.17, 15) is 5.11 Å². The summed E-state index contributed by atoms with van der Waals surface area (Å²) in [4.78, 5) is 2.18. The lowest BCUT2D eigenvalue weighted by atomic mass is 10.1. The van der Waals surface area contributed by atoms with Gasteiger partial charge in [-0.1, -0.05) is 13.3 Å². The second kappa shape index (κ2) is 6.61. The van der Waals surface area contributed by atoms with E-state index in [4.69, 9.17) is 5.73 Å². The van der Waals surface area contributed by atoms with E-state index in [1.165, 1.54) is 0 Å². The first-order valence-electron chi connectivity index (χ1n) is 6.19. The molecule has 3 N–H and O–H groups in total. The molecule has 0 aliphatic carbocycles. The average molecular weight is 240 g/mol. The lowest BCUT2D eigenvalue weighted by Gasteiger charge is -2.26. The quantitative estimate of drug-likeness (QED) is 0.744. The molecule has 0 aromatic carbocycles. The molecule has 98 valence electrons. The predicted molar refractivity (Wildman–Crippen MR) is 69.6 cm³/mol. The minimum absolute atomic E-state index is 0.418. The largest absolute Gasteiger partial charge is 0.396 e. The smallest absolute Gasteiger partial charge is 0.0862 e. The summed E-state index contributed by atoms with van der Waals surface area (Å²) in [7, 11) is 2.04. The Balaban J connectivity index is 2.36. The Bertz CT molecular complexity index is 326. The van der Waals surface area contributed by atoms with Gasteiger partial charge in [-0.3, -0.25) is 4.68 Å². The maximum atomic E-state index is 9.96. The second-order valence-electron chi connectivity index (χ2n) is 4.73. The molecule has 0 saturated heterocycles. The van der Waals surface area contributed by atoms with Gasteiger partial charge < -0.3 is 15.7 Å². The van der Waals surface area contributed by atoms with Gasteiger partial charge in [0, 0.05) is 18.8 Å². The van der Waals surface area contributed by atoms with Crippen LogP contribution in [0.3, 0.4) is 0 Å². The van der Waals surface area contributed by atoms with Crippen LogP contribution in [0.2, 0.25) is 0 Å². The molecule has 0 radical (unpaired) electrons. The van der Waals surface area contributed by atoms with Crippen molar-refractivity contribution in [1.82, 2.24) is 14.7 Å².